The fourth-order valence-corrected chi connectivity index (χ4v) is 0.115. The van der Waals surface area contributed by atoms with Crippen molar-refractivity contribution in [2.75, 3.05) is 26.4 Å². The van der Waals surface area contributed by atoms with Crippen LogP contribution in [0.25, 0.3) is 0 Å². The molecule has 0 rings (SSSR count). The Labute approximate surface area is 84.1 Å². The topological polar surface area (TPSA) is 121 Å². The first kappa shape index (κ1) is 19.4. The number of hydrogen-bond donors (Lipinski definition) is 6. The zero-order chi connectivity index (χ0) is 12.0. The van der Waals surface area contributed by atoms with Crippen LogP contribution in [0.1, 0.15) is 13.8 Å². The lowest BCUT2D eigenvalue weighted by molar-refractivity contribution is 0.0450. The minimum Gasteiger partial charge on any atom is -0.394 e. The van der Waals surface area contributed by atoms with Crippen LogP contribution in [0.15, 0.2) is 0 Å². The van der Waals surface area contributed by atoms with Gasteiger partial charge in [-0.1, -0.05) is 13.8 Å². The summed E-state index contributed by atoms with van der Waals surface area (Å²) >= 11 is 0. The van der Waals surface area contributed by atoms with E-state index < -0.39 is 12.2 Å². The zero-order valence-corrected chi connectivity index (χ0v) is 8.67. The highest BCUT2D eigenvalue weighted by atomic mass is 16.3. The fourth-order valence-electron chi connectivity index (χ4n) is 0.115. The van der Waals surface area contributed by atoms with Gasteiger partial charge in [-0.15, -0.1) is 0 Å². The molecule has 0 unspecified atom stereocenters. The number of hydrogen-bond acceptors (Lipinski definition) is 6. The first-order valence-electron chi connectivity index (χ1n) is 4.41. The van der Waals surface area contributed by atoms with E-state index >= 15 is 0 Å². The molecule has 14 heavy (non-hydrogen) atoms. The van der Waals surface area contributed by atoms with E-state index in [1.165, 1.54) is 0 Å². The Kier molecular flexibility index (Phi) is 25.6. The molecule has 6 heteroatoms. The van der Waals surface area contributed by atoms with Gasteiger partial charge in [-0.2, -0.15) is 0 Å². The summed E-state index contributed by atoms with van der Waals surface area (Å²) in [6.45, 7) is 2.54. The lowest BCUT2D eigenvalue weighted by atomic mass is 10.4. The molecule has 0 heterocycles. The van der Waals surface area contributed by atoms with Gasteiger partial charge in [0, 0.05) is 0 Å². The van der Waals surface area contributed by atoms with Gasteiger partial charge in [0.2, 0.25) is 0 Å². The predicted molar refractivity (Wildman–Crippen MR) is 51.7 cm³/mol. The van der Waals surface area contributed by atoms with Crippen molar-refractivity contribution in [1.29, 1.82) is 0 Å². The second-order valence-electron chi connectivity index (χ2n) is 2.04. The minimum absolute atomic E-state index is 0.365. The van der Waals surface area contributed by atoms with Gasteiger partial charge in [0.25, 0.3) is 0 Å². The van der Waals surface area contributed by atoms with E-state index in [-0.39, 0.29) is 26.4 Å². The zero-order valence-electron chi connectivity index (χ0n) is 8.67. The minimum atomic E-state index is -0.954. The highest BCUT2D eigenvalue weighted by Crippen LogP contribution is 1.72. The molecular weight excluding hydrogens is 192 g/mol. The number of rotatable bonds is 4. The molecule has 6 nitrogen and oxygen atoms in total. The highest BCUT2D eigenvalue weighted by Gasteiger charge is 1.94. The van der Waals surface area contributed by atoms with Crippen LogP contribution in [0.2, 0.25) is 0 Å². The van der Waals surface area contributed by atoms with Crippen LogP contribution < -0.4 is 0 Å². The average molecular weight is 214 g/mol. The molecule has 0 spiro atoms. The Hall–Kier alpha value is -0.240. The maximum Gasteiger partial charge on any atom is 0.100 e. The summed E-state index contributed by atoms with van der Waals surface area (Å²) < 4.78 is 0. The van der Waals surface area contributed by atoms with Gasteiger partial charge in [0.1, 0.15) is 12.2 Å². The van der Waals surface area contributed by atoms with Crippen molar-refractivity contribution in [3.63, 3.8) is 0 Å². The summed E-state index contributed by atoms with van der Waals surface area (Å²) in [5, 5.41) is 48.0. The SMILES string of the molecule is CC.OCC(O)CO.OCC(O)CO. The molecule has 0 fully saturated rings. The monoisotopic (exact) mass is 214 g/mol. The molecule has 0 radical (unpaired) electrons. The molecule has 0 bridgehead atoms. The molecule has 0 saturated carbocycles. The molecule has 0 aliphatic heterocycles. The molecule has 0 aromatic carbocycles. The van der Waals surface area contributed by atoms with Crippen molar-refractivity contribution in [2.45, 2.75) is 26.1 Å². The maximum absolute atomic E-state index is 8.17. The Morgan fingerprint density at radius 2 is 0.786 bits per heavy atom. The van der Waals surface area contributed by atoms with Crippen molar-refractivity contribution in [2.24, 2.45) is 0 Å². The summed E-state index contributed by atoms with van der Waals surface area (Å²) in [7, 11) is 0. The Morgan fingerprint density at radius 3 is 0.786 bits per heavy atom. The van der Waals surface area contributed by atoms with Crippen LogP contribution in [0.4, 0.5) is 0 Å². The van der Waals surface area contributed by atoms with Crippen molar-refractivity contribution in [3.8, 4) is 0 Å². The Balaban J connectivity index is -0.000000147. The lowest BCUT2D eigenvalue weighted by Crippen LogP contribution is -2.15. The van der Waals surface area contributed by atoms with E-state index in [2.05, 4.69) is 0 Å². The van der Waals surface area contributed by atoms with Gasteiger partial charge in [-0.3, -0.25) is 0 Å². The van der Waals surface area contributed by atoms with Gasteiger partial charge in [-0.25, -0.2) is 0 Å². The number of aliphatic hydroxyl groups is 6. The van der Waals surface area contributed by atoms with Crippen LogP contribution >= 0.6 is 0 Å². The Bertz CT molecular complexity index is 62.2. The second-order valence-corrected chi connectivity index (χ2v) is 2.04. The summed E-state index contributed by atoms with van der Waals surface area (Å²) in [6, 6.07) is 0. The summed E-state index contributed by atoms with van der Waals surface area (Å²) in [5.41, 5.74) is 0. The molecule has 0 aliphatic rings. The van der Waals surface area contributed by atoms with E-state index in [4.69, 9.17) is 30.6 Å². The Morgan fingerprint density at radius 1 is 0.643 bits per heavy atom. The number of aliphatic hydroxyl groups excluding tert-OH is 6. The van der Waals surface area contributed by atoms with Gasteiger partial charge in [0.05, 0.1) is 26.4 Å². The van der Waals surface area contributed by atoms with Crippen LogP contribution in [0.3, 0.4) is 0 Å². The molecule has 90 valence electrons. The van der Waals surface area contributed by atoms with Crippen molar-refractivity contribution >= 4 is 0 Å². The van der Waals surface area contributed by atoms with Crippen LogP contribution in [0.5, 0.6) is 0 Å². The third kappa shape index (κ3) is 22.6. The van der Waals surface area contributed by atoms with Crippen molar-refractivity contribution in [3.05, 3.63) is 0 Å². The smallest absolute Gasteiger partial charge is 0.100 e. The van der Waals surface area contributed by atoms with Gasteiger partial charge in [0.15, 0.2) is 0 Å². The standard InChI is InChI=1S/2C3H8O3.C2H6/c2*4-1-3(6)2-5;1-2/h2*3-6H,1-2H2;1-2H3. The summed E-state index contributed by atoms with van der Waals surface area (Å²) in [5.74, 6) is 0. The molecule has 0 atom stereocenters. The van der Waals surface area contributed by atoms with Crippen LogP contribution in [-0.4, -0.2) is 69.3 Å². The normalized spacial score (nSPS) is 9.00. The van der Waals surface area contributed by atoms with Crippen LogP contribution in [0, 0.1) is 0 Å². The third-order valence-electron chi connectivity index (χ3n) is 0.843. The van der Waals surface area contributed by atoms with Gasteiger partial charge < -0.3 is 30.6 Å². The highest BCUT2D eigenvalue weighted by molar-refractivity contribution is 4.44. The molecule has 6 N–H and O–H groups in total. The third-order valence-corrected chi connectivity index (χ3v) is 0.843. The largest absolute Gasteiger partial charge is 0.394 e. The van der Waals surface area contributed by atoms with Crippen LogP contribution in [-0.2, 0) is 0 Å². The molecule has 0 aromatic heterocycles. The average Bonchev–Trinajstić information content (AvgIpc) is 2.30. The second kappa shape index (κ2) is 18.5. The first-order valence-corrected chi connectivity index (χ1v) is 4.41. The van der Waals surface area contributed by atoms with Crippen molar-refractivity contribution in [1.82, 2.24) is 0 Å². The predicted octanol–water partition coefficient (Wildman–Crippen LogP) is -2.31. The van der Waals surface area contributed by atoms with E-state index in [0.717, 1.165) is 0 Å². The molecule has 0 amide bonds. The fraction of sp³-hybridized carbons (Fsp3) is 1.00. The van der Waals surface area contributed by atoms with Crippen molar-refractivity contribution < 1.29 is 30.6 Å². The quantitative estimate of drug-likeness (QED) is 0.313. The molecular formula is C8H22O6. The maximum atomic E-state index is 8.17. The summed E-state index contributed by atoms with van der Waals surface area (Å²) in [6.07, 6.45) is -1.91. The lowest BCUT2D eigenvalue weighted by Gasteiger charge is -1.96. The van der Waals surface area contributed by atoms with E-state index in [1.54, 1.807) is 0 Å². The van der Waals surface area contributed by atoms with Gasteiger partial charge in [-0.05, 0) is 0 Å². The molecule has 0 aliphatic carbocycles. The van der Waals surface area contributed by atoms with Gasteiger partial charge >= 0.3 is 0 Å². The first-order chi connectivity index (χ1) is 6.62. The molecule has 0 saturated heterocycles. The van der Waals surface area contributed by atoms with E-state index in [1.807, 2.05) is 13.8 Å². The van der Waals surface area contributed by atoms with E-state index in [9.17, 15) is 0 Å². The van der Waals surface area contributed by atoms with E-state index in [0.29, 0.717) is 0 Å². The summed E-state index contributed by atoms with van der Waals surface area (Å²) in [4.78, 5) is 0. The molecule has 0 aromatic rings.